The summed E-state index contributed by atoms with van der Waals surface area (Å²) >= 11 is 3.22. The SMILES string of the molecule is Cn1cc(C(=O)COCC2CC2)c(Cc2ccc(Br)cc2F)cc1=O. The number of ketones is 1. The third kappa shape index (κ3) is 4.64. The molecule has 3 rings (SSSR count). The minimum Gasteiger partial charge on any atom is -0.373 e. The van der Waals surface area contributed by atoms with E-state index in [4.69, 9.17) is 4.74 Å². The van der Waals surface area contributed by atoms with Crippen LogP contribution in [0.3, 0.4) is 0 Å². The van der Waals surface area contributed by atoms with Gasteiger partial charge in [0, 0.05) is 35.8 Å². The molecule has 0 saturated heterocycles. The van der Waals surface area contributed by atoms with Gasteiger partial charge in [0.05, 0.1) is 6.61 Å². The van der Waals surface area contributed by atoms with E-state index in [0.29, 0.717) is 33.7 Å². The van der Waals surface area contributed by atoms with Crippen LogP contribution in [0.25, 0.3) is 0 Å². The molecule has 0 unspecified atom stereocenters. The lowest BCUT2D eigenvalue weighted by Crippen LogP contribution is -2.22. The van der Waals surface area contributed by atoms with E-state index in [0.717, 1.165) is 12.8 Å². The molecule has 1 aliphatic carbocycles. The Balaban J connectivity index is 1.84. The molecule has 0 atom stereocenters. The predicted octanol–water partition coefficient (Wildman–Crippen LogP) is 3.49. The van der Waals surface area contributed by atoms with Gasteiger partial charge in [0.2, 0.25) is 0 Å². The number of benzene rings is 1. The summed E-state index contributed by atoms with van der Waals surface area (Å²) in [4.78, 5) is 24.5. The average Bonchev–Trinajstić information content (AvgIpc) is 3.37. The first-order valence-corrected chi connectivity index (χ1v) is 8.98. The number of carbonyl (C=O) groups is 1. The van der Waals surface area contributed by atoms with Crippen LogP contribution in [0.5, 0.6) is 0 Å². The van der Waals surface area contributed by atoms with E-state index >= 15 is 0 Å². The number of halogens is 2. The molecule has 1 aliphatic rings. The maximum atomic E-state index is 14.1. The Hall–Kier alpha value is -1.79. The van der Waals surface area contributed by atoms with Gasteiger partial charge >= 0.3 is 0 Å². The molecule has 6 heteroatoms. The Bertz CT molecular complexity index is 858. The van der Waals surface area contributed by atoms with Crippen LogP contribution in [0.15, 0.2) is 39.7 Å². The molecular weight excluding hydrogens is 389 g/mol. The lowest BCUT2D eigenvalue weighted by Gasteiger charge is -2.12. The Kier molecular flexibility index (Phi) is 5.49. The number of nitrogens with zero attached hydrogens (tertiary/aromatic N) is 1. The summed E-state index contributed by atoms with van der Waals surface area (Å²) < 4.78 is 21.6. The zero-order valence-corrected chi connectivity index (χ0v) is 15.5. The highest BCUT2D eigenvalue weighted by Gasteiger charge is 2.22. The van der Waals surface area contributed by atoms with Crippen LogP contribution in [-0.2, 0) is 18.2 Å². The van der Waals surface area contributed by atoms with E-state index in [-0.39, 0.29) is 30.2 Å². The molecular formula is C19H19BrFNO3. The molecule has 0 aliphatic heterocycles. The monoisotopic (exact) mass is 407 g/mol. The highest BCUT2D eigenvalue weighted by atomic mass is 79.9. The van der Waals surface area contributed by atoms with Crippen molar-refractivity contribution in [3.63, 3.8) is 0 Å². The van der Waals surface area contributed by atoms with E-state index in [9.17, 15) is 14.0 Å². The fourth-order valence-corrected chi connectivity index (χ4v) is 2.95. The van der Waals surface area contributed by atoms with Crippen molar-refractivity contribution >= 4 is 21.7 Å². The smallest absolute Gasteiger partial charge is 0.250 e. The first-order valence-electron chi connectivity index (χ1n) is 8.18. The van der Waals surface area contributed by atoms with Crippen LogP contribution in [-0.4, -0.2) is 23.6 Å². The van der Waals surface area contributed by atoms with E-state index < -0.39 is 0 Å². The van der Waals surface area contributed by atoms with Gasteiger partial charge < -0.3 is 9.30 Å². The van der Waals surface area contributed by atoms with Gasteiger partial charge in [-0.05, 0) is 42.0 Å². The number of aryl methyl sites for hydroxylation is 1. The van der Waals surface area contributed by atoms with Gasteiger partial charge in [-0.25, -0.2) is 4.39 Å². The first-order chi connectivity index (χ1) is 11.9. The molecule has 1 saturated carbocycles. The number of pyridine rings is 1. The van der Waals surface area contributed by atoms with Crippen LogP contribution in [0.1, 0.15) is 34.3 Å². The van der Waals surface area contributed by atoms with Crippen molar-refractivity contribution in [2.24, 2.45) is 13.0 Å². The second kappa shape index (κ2) is 7.62. The highest BCUT2D eigenvalue weighted by molar-refractivity contribution is 9.10. The number of hydrogen-bond acceptors (Lipinski definition) is 3. The molecule has 1 aromatic carbocycles. The summed E-state index contributed by atoms with van der Waals surface area (Å²) in [5.41, 5.74) is 1.12. The van der Waals surface area contributed by atoms with Crippen molar-refractivity contribution < 1.29 is 13.9 Å². The quantitative estimate of drug-likeness (QED) is 0.660. The second-order valence-corrected chi connectivity index (χ2v) is 7.37. The van der Waals surface area contributed by atoms with Crippen LogP contribution >= 0.6 is 15.9 Å². The van der Waals surface area contributed by atoms with Crippen molar-refractivity contribution in [2.45, 2.75) is 19.3 Å². The maximum absolute atomic E-state index is 14.1. The predicted molar refractivity (Wildman–Crippen MR) is 96.5 cm³/mol. The molecule has 0 bridgehead atoms. The third-order valence-corrected chi connectivity index (χ3v) is 4.79. The highest BCUT2D eigenvalue weighted by Crippen LogP contribution is 2.28. The number of carbonyl (C=O) groups excluding carboxylic acids is 1. The maximum Gasteiger partial charge on any atom is 0.250 e. The fourth-order valence-electron chi connectivity index (χ4n) is 2.62. The Morgan fingerprint density at radius 2 is 2.08 bits per heavy atom. The first kappa shape index (κ1) is 18.0. The molecule has 1 fully saturated rings. The zero-order chi connectivity index (χ0) is 18.0. The number of ether oxygens (including phenoxy) is 1. The fraction of sp³-hybridized carbons (Fsp3) is 0.368. The van der Waals surface area contributed by atoms with E-state index in [1.54, 1.807) is 19.2 Å². The Morgan fingerprint density at radius 1 is 1.32 bits per heavy atom. The molecule has 0 radical (unpaired) electrons. The molecule has 132 valence electrons. The zero-order valence-electron chi connectivity index (χ0n) is 13.9. The van der Waals surface area contributed by atoms with Gasteiger partial charge in [-0.15, -0.1) is 0 Å². The summed E-state index contributed by atoms with van der Waals surface area (Å²) in [6.07, 6.45) is 4.00. The number of aromatic nitrogens is 1. The molecule has 0 amide bonds. The molecule has 1 aromatic heterocycles. The average molecular weight is 408 g/mol. The van der Waals surface area contributed by atoms with Crippen molar-refractivity contribution in [3.05, 3.63) is 67.8 Å². The molecule has 25 heavy (non-hydrogen) atoms. The van der Waals surface area contributed by atoms with Gasteiger partial charge in [0.15, 0.2) is 5.78 Å². The van der Waals surface area contributed by atoms with Crippen molar-refractivity contribution in [3.8, 4) is 0 Å². The summed E-state index contributed by atoms with van der Waals surface area (Å²) in [6, 6.07) is 6.15. The molecule has 2 aromatic rings. The van der Waals surface area contributed by atoms with Gasteiger partial charge in [-0.1, -0.05) is 22.0 Å². The van der Waals surface area contributed by atoms with Crippen molar-refractivity contribution in [1.82, 2.24) is 4.57 Å². The lowest BCUT2D eigenvalue weighted by atomic mass is 9.99. The number of Topliss-reactive ketones (excluding diaryl/α,β-unsaturated/α-hetero) is 1. The topological polar surface area (TPSA) is 48.3 Å². The number of rotatable bonds is 7. The summed E-state index contributed by atoms with van der Waals surface area (Å²) in [5.74, 6) is 0.00599. The second-order valence-electron chi connectivity index (χ2n) is 6.46. The Morgan fingerprint density at radius 3 is 2.76 bits per heavy atom. The summed E-state index contributed by atoms with van der Waals surface area (Å²) in [5, 5.41) is 0. The van der Waals surface area contributed by atoms with Gasteiger partial charge in [-0.3, -0.25) is 9.59 Å². The summed E-state index contributed by atoms with van der Waals surface area (Å²) in [6.45, 7) is 0.568. The lowest BCUT2D eigenvalue weighted by molar-refractivity contribution is 0.0738. The van der Waals surface area contributed by atoms with E-state index in [1.807, 2.05) is 0 Å². The largest absolute Gasteiger partial charge is 0.373 e. The molecule has 1 heterocycles. The van der Waals surface area contributed by atoms with Gasteiger partial charge in [0.25, 0.3) is 5.56 Å². The minimum absolute atomic E-state index is 0.0233. The van der Waals surface area contributed by atoms with Crippen molar-refractivity contribution in [1.29, 1.82) is 0 Å². The van der Waals surface area contributed by atoms with E-state index in [2.05, 4.69) is 15.9 Å². The minimum atomic E-state index is -0.376. The summed E-state index contributed by atoms with van der Waals surface area (Å²) in [7, 11) is 1.59. The van der Waals surface area contributed by atoms with Crippen LogP contribution in [0.2, 0.25) is 0 Å². The van der Waals surface area contributed by atoms with Crippen molar-refractivity contribution in [2.75, 3.05) is 13.2 Å². The molecule has 4 nitrogen and oxygen atoms in total. The standard InChI is InChI=1S/C19H19BrFNO3/c1-22-9-16(18(23)11-25-10-12-2-3-12)14(7-19(22)24)6-13-4-5-15(20)8-17(13)21/h4-5,7-9,12H,2-3,6,10-11H2,1H3. The van der Waals surface area contributed by atoms with Crippen LogP contribution < -0.4 is 5.56 Å². The van der Waals surface area contributed by atoms with E-state index in [1.165, 1.54) is 22.9 Å². The molecule has 0 spiro atoms. The third-order valence-electron chi connectivity index (χ3n) is 4.29. The van der Waals surface area contributed by atoms with Crippen LogP contribution in [0, 0.1) is 11.7 Å². The van der Waals surface area contributed by atoms with Gasteiger partial charge in [-0.2, -0.15) is 0 Å². The number of hydrogen-bond donors (Lipinski definition) is 0. The van der Waals surface area contributed by atoms with Crippen LogP contribution in [0.4, 0.5) is 4.39 Å². The Labute approximate surface area is 153 Å². The van der Waals surface area contributed by atoms with Gasteiger partial charge in [0.1, 0.15) is 12.4 Å². The normalized spacial score (nSPS) is 13.9. The molecule has 0 N–H and O–H groups in total.